The second-order valence-corrected chi connectivity index (χ2v) is 7.34. The van der Waals surface area contributed by atoms with E-state index in [1.807, 2.05) is 6.07 Å². The number of rotatable bonds is 4. The monoisotopic (exact) mass is 382 g/mol. The molecule has 7 heteroatoms. The van der Waals surface area contributed by atoms with Crippen molar-refractivity contribution in [1.29, 1.82) is 5.26 Å². The minimum absolute atomic E-state index is 0.334. The van der Waals surface area contributed by atoms with E-state index in [-0.39, 0.29) is 10.9 Å². The molecule has 0 radical (unpaired) electrons. The van der Waals surface area contributed by atoms with Gasteiger partial charge in [0.25, 0.3) is 0 Å². The fourth-order valence-corrected chi connectivity index (χ4v) is 3.52. The average molecular weight is 382 g/mol. The van der Waals surface area contributed by atoms with E-state index in [1.165, 1.54) is 0 Å². The van der Waals surface area contributed by atoms with Gasteiger partial charge in [-0.05, 0) is 56.3 Å². The summed E-state index contributed by atoms with van der Waals surface area (Å²) >= 11 is 0.842. The maximum Gasteiger partial charge on any atom is 0.224 e. The highest BCUT2D eigenvalue weighted by molar-refractivity contribution is 8.14. The van der Waals surface area contributed by atoms with Crippen LogP contribution in [0.15, 0.2) is 42.5 Å². The minimum Gasteiger partial charge on any atom is -0.497 e. The van der Waals surface area contributed by atoms with E-state index in [4.69, 9.17) is 14.7 Å². The molecular formula is C20H18N2O4S. The summed E-state index contributed by atoms with van der Waals surface area (Å²) in [6, 6.07) is 13.9. The van der Waals surface area contributed by atoms with E-state index >= 15 is 0 Å². The smallest absolute Gasteiger partial charge is 0.224 e. The maximum absolute atomic E-state index is 12.9. The number of ketones is 1. The van der Waals surface area contributed by atoms with Crippen molar-refractivity contribution in [2.75, 3.05) is 11.8 Å². The Labute approximate surface area is 161 Å². The second-order valence-electron chi connectivity index (χ2n) is 6.53. The van der Waals surface area contributed by atoms with Crippen molar-refractivity contribution in [3.63, 3.8) is 0 Å². The molecule has 0 saturated carbocycles. The minimum atomic E-state index is -1.12. The van der Waals surface area contributed by atoms with Gasteiger partial charge >= 0.3 is 0 Å². The molecule has 1 heterocycles. The van der Waals surface area contributed by atoms with Crippen LogP contribution < -0.4 is 14.2 Å². The van der Waals surface area contributed by atoms with Crippen molar-refractivity contribution in [3.05, 3.63) is 53.6 Å². The SMILES string of the molecule is COc1ccc(NSC(=O)C2C(=O)C(C)(C)Oc3ccc(C#N)cc32)cc1. The first kappa shape index (κ1) is 18.8. The summed E-state index contributed by atoms with van der Waals surface area (Å²) < 4.78 is 13.8. The molecule has 1 N–H and O–H groups in total. The zero-order valence-corrected chi connectivity index (χ0v) is 15.9. The number of nitriles is 1. The summed E-state index contributed by atoms with van der Waals surface area (Å²) in [6.07, 6.45) is 0. The highest BCUT2D eigenvalue weighted by Gasteiger charge is 2.46. The van der Waals surface area contributed by atoms with E-state index in [9.17, 15) is 9.59 Å². The third-order valence-electron chi connectivity index (χ3n) is 4.27. The topological polar surface area (TPSA) is 88.4 Å². The Hall–Kier alpha value is -2.98. The molecule has 0 saturated heterocycles. The molecule has 1 atom stereocenters. The molecule has 138 valence electrons. The Kier molecular flexibility index (Phi) is 5.10. The molecule has 27 heavy (non-hydrogen) atoms. The number of Topliss-reactive ketones (excluding diaryl/α,β-unsaturated/α-hetero) is 1. The van der Waals surface area contributed by atoms with Gasteiger partial charge in [0, 0.05) is 23.2 Å². The Morgan fingerprint density at radius 1 is 1.26 bits per heavy atom. The molecule has 1 aliphatic heterocycles. The molecule has 0 bridgehead atoms. The number of fused-ring (bicyclic) bond motifs is 1. The molecular weight excluding hydrogens is 364 g/mol. The predicted molar refractivity (Wildman–Crippen MR) is 103 cm³/mol. The van der Waals surface area contributed by atoms with Crippen LogP contribution in [0.1, 0.15) is 30.9 Å². The first-order valence-electron chi connectivity index (χ1n) is 8.24. The van der Waals surface area contributed by atoms with E-state index in [0.717, 1.165) is 11.9 Å². The normalized spacial score (nSPS) is 17.3. The van der Waals surface area contributed by atoms with Crippen LogP contribution in [0.2, 0.25) is 0 Å². The van der Waals surface area contributed by atoms with Gasteiger partial charge in [-0.1, -0.05) is 0 Å². The lowest BCUT2D eigenvalue weighted by Gasteiger charge is -2.35. The number of anilines is 1. The summed E-state index contributed by atoms with van der Waals surface area (Å²) in [5.41, 5.74) is 0.379. The van der Waals surface area contributed by atoms with Crippen LogP contribution in [0.4, 0.5) is 5.69 Å². The van der Waals surface area contributed by atoms with Gasteiger partial charge in [-0.15, -0.1) is 0 Å². The summed E-state index contributed by atoms with van der Waals surface area (Å²) in [4.78, 5) is 25.7. The quantitative estimate of drug-likeness (QED) is 0.637. The van der Waals surface area contributed by atoms with Crippen LogP contribution >= 0.6 is 11.9 Å². The van der Waals surface area contributed by atoms with Crippen molar-refractivity contribution in [2.24, 2.45) is 0 Å². The van der Waals surface area contributed by atoms with E-state index in [0.29, 0.717) is 28.3 Å². The molecule has 0 amide bonds. The van der Waals surface area contributed by atoms with Crippen LogP contribution in [0.3, 0.4) is 0 Å². The summed E-state index contributed by atoms with van der Waals surface area (Å²) in [5, 5.41) is 8.78. The van der Waals surface area contributed by atoms with Crippen molar-refractivity contribution < 1.29 is 19.1 Å². The Morgan fingerprint density at radius 3 is 2.59 bits per heavy atom. The molecule has 3 rings (SSSR count). The van der Waals surface area contributed by atoms with Crippen LogP contribution in [-0.2, 0) is 9.59 Å². The number of hydrogen-bond acceptors (Lipinski definition) is 7. The summed E-state index contributed by atoms with van der Waals surface area (Å²) in [5.74, 6) is -0.190. The predicted octanol–water partition coefficient (Wildman–Crippen LogP) is 3.68. The zero-order chi connectivity index (χ0) is 19.6. The molecule has 2 aromatic rings. The Bertz CT molecular complexity index is 932. The van der Waals surface area contributed by atoms with Gasteiger partial charge in [0.1, 0.15) is 17.4 Å². The number of nitrogens with one attached hydrogen (secondary N) is 1. The standard InChI is InChI=1S/C20H18N2O4S/c1-20(2)18(23)17(15-10-12(11-21)4-9-16(15)26-20)19(24)27-22-13-5-7-14(25-3)8-6-13/h4-10,17,22H,1-3H3. The number of hydrogen-bond donors (Lipinski definition) is 1. The summed E-state index contributed by atoms with van der Waals surface area (Å²) in [7, 11) is 1.58. The van der Waals surface area contributed by atoms with Gasteiger partial charge in [0.15, 0.2) is 11.4 Å². The number of carbonyl (C=O) groups excluding carboxylic acids is 2. The molecule has 1 aliphatic rings. The molecule has 0 spiro atoms. The fraction of sp³-hybridized carbons (Fsp3) is 0.250. The number of ether oxygens (including phenoxy) is 2. The van der Waals surface area contributed by atoms with E-state index in [2.05, 4.69) is 4.72 Å². The third-order valence-corrected chi connectivity index (χ3v) is 5.04. The molecule has 2 aromatic carbocycles. The lowest BCUT2D eigenvalue weighted by Crippen LogP contribution is -2.47. The van der Waals surface area contributed by atoms with Crippen molar-refractivity contribution in [2.45, 2.75) is 25.4 Å². The van der Waals surface area contributed by atoms with Crippen LogP contribution in [-0.4, -0.2) is 23.6 Å². The number of benzene rings is 2. The zero-order valence-electron chi connectivity index (χ0n) is 15.1. The third kappa shape index (κ3) is 3.76. The number of carbonyl (C=O) groups is 2. The van der Waals surface area contributed by atoms with E-state index in [1.54, 1.807) is 63.4 Å². The lowest BCUT2D eigenvalue weighted by molar-refractivity contribution is -0.138. The first-order valence-corrected chi connectivity index (χ1v) is 9.05. The van der Waals surface area contributed by atoms with Crippen LogP contribution in [0, 0.1) is 11.3 Å². The fourth-order valence-electron chi connectivity index (χ4n) is 2.81. The highest BCUT2D eigenvalue weighted by atomic mass is 32.2. The average Bonchev–Trinajstić information content (AvgIpc) is 2.67. The van der Waals surface area contributed by atoms with Crippen molar-refractivity contribution in [3.8, 4) is 17.6 Å². The molecule has 0 fully saturated rings. The Morgan fingerprint density at radius 2 is 1.96 bits per heavy atom. The lowest BCUT2D eigenvalue weighted by atomic mass is 9.83. The maximum atomic E-state index is 12.9. The van der Waals surface area contributed by atoms with Gasteiger partial charge in [0.05, 0.1) is 18.7 Å². The van der Waals surface area contributed by atoms with Gasteiger partial charge < -0.3 is 14.2 Å². The van der Waals surface area contributed by atoms with E-state index < -0.39 is 11.5 Å². The molecule has 0 aromatic heterocycles. The van der Waals surface area contributed by atoms with Gasteiger partial charge in [-0.25, -0.2) is 0 Å². The van der Waals surface area contributed by atoms with Crippen LogP contribution in [0.25, 0.3) is 0 Å². The number of nitrogens with zero attached hydrogens (tertiary/aromatic N) is 1. The Balaban J connectivity index is 1.85. The molecule has 6 nitrogen and oxygen atoms in total. The largest absolute Gasteiger partial charge is 0.497 e. The second kappa shape index (κ2) is 7.33. The van der Waals surface area contributed by atoms with Gasteiger partial charge in [-0.2, -0.15) is 5.26 Å². The summed E-state index contributed by atoms with van der Waals surface area (Å²) in [6.45, 7) is 3.27. The van der Waals surface area contributed by atoms with Gasteiger partial charge in [-0.3, -0.25) is 9.59 Å². The number of methoxy groups -OCH3 is 1. The van der Waals surface area contributed by atoms with Crippen LogP contribution in [0.5, 0.6) is 11.5 Å². The van der Waals surface area contributed by atoms with Crippen molar-refractivity contribution >= 4 is 28.5 Å². The highest BCUT2D eigenvalue weighted by Crippen LogP contribution is 2.41. The molecule has 1 unspecified atom stereocenters. The first-order chi connectivity index (χ1) is 12.9. The van der Waals surface area contributed by atoms with Gasteiger partial charge in [0.2, 0.25) is 5.12 Å². The molecule has 0 aliphatic carbocycles. The van der Waals surface area contributed by atoms with Crippen molar-refractivity contribution in [1.82, 2.24) is 0 Å².